The zero-order chi connectivity index (χ0) is 72.7. The Bertz CT molecular complexity index is 2530. The van der Waals surface area contributed by atoms with Crippen molar-refractivity contribution in [2.45, 2.75) is 242 Å². The van der Waals surface area contributed by atoms with Crippen LogP contribution in [0.3, 0.4) is 0 Å². The fourth-order valence-electron chi connectivity index (χ4n) is 11.7. The van der Waals surface area contributed by atoms with E-state index in [-0.39, 0.29) is 75.2 Å². The Morgan fingerprint density at radius 1 is 0.457 bits per heavy atom. The summed E-state index contributed by atoms with van der Waals surface area (Å²) in [4.78, 5) is 172. The lowest BCUT2D eigenvalue weighted by atomic mass is 9.91. The number of aliphatic hydroxyl groups is 1. The van der Waals surface area contributed by atoms with Gasteiger partial charge in [-0.3, -0.25) is 52.7 Å². The highest BCUT2D eigenvalue weighted by atomic mass is 16.7. The van der Waals surface area contributed by atoms with Crippen LogP contribution in [0.1, 0.15) is 163 Å². The zero-order valence-electron chi connectivity index (χ0n) is 61.9. The quantitative estimate of drug-likeness (QED) is 0.0587. The SMILES string of the molecule is CC=CC[C@@H](C)[C@@H](O)[C@H]1C(=O)N[C@@H](CC)C(=O)N(C)[C@H](COCCC(OC)OC)C(=O)N(C)[C@@H](CC(C)C)C(=O)N[C@@H](C(C)C)C(=O)N(C)[C@@H](CC(C)C)C(=O)N[C@@H](C)C(=O)N[C@H](C)C(=O)N(C)[C@@H](CC(C)C)C(=O)N(C)[C@@H](CC(C)C)C(=O)N(C)[C@@H](C(C)C)C(=O)N1C. The second-order valence-corrected chi connectivity index (χ2v) is 28.1. The van der Waals surface area contributed by atoms with E-state index in [4.69, 9.17) is 14.2 Å². The number of methoxy groups -OCH3 is 2. The highest BCUT2D eigenvalue weighted by Gasteiger charge is 2.46. The number of hydrogen-bond acceptors (Lipinski definition) is 15. The second kappa shape index (κ2) is 40.3. The van der Waals surface area contributed by atoms with Gasteiger partial charge in [0.05, 0.1) is 19.3 Å². The summed E-state index contributed by atoms with van der Waals surface area (Å²) < 4.78 is 16.8. The molecule has 1 aliphatic rings. The van der Waals surface area contributed by atoms with Crippen LogP contribution in [0, 0.1) is 41.4 Å². The van der Waals surface area contributed by atoms with Gasteiger partial charge in [-0.15, -0.1) is 0 Å². The predicted octanol–water partition coefficient (Wildman–Crippen LogP) is 3.66. The molecule has 13 atom stereocenters. The molecule has 11 amide bonds. The van der Waals surface area contributed by atoms with E-state index in [0.29, 0.717) is 0 Å². The molecule has 0 aromatic rings. The molecule has 94 heavy (non-hydrogen) atoms. The first kappa shape index (κ1) is 85.8. The van der Waals surface area contributed by atoms with Gasteiger partial charge in [0.1, 0.15) is 66.5 Å². The standard InChI is InChI=1S/C68H123N11O15/c1-27-29-30-44(15)57(80)56-61(84)71-47(28-2)63(86)77(22)52(37-94-32-31-53(92-25)93-26)66(89)73(18)49(34-39(5)6)60(83)72-54(42(11)12)67(90)74(19)48(33-38(3)4)59(82)69-45(16)58(81)70-46(17)62(85)75(20)50(35-40(7)8)64(87)76(21)51(36-41(9)10)65(88)78(23)55(43(13)14)68(91)79(56)24/h27,29,38-57,80H,28,30-37H2,1-26H3,(H,69,82)(H,70,81)(H,71,84)(H,72,83)/t44-,45+,46-,47+,48+,49+,50+,51+,52-,54+,55+,56+,57-/m1/s1. The molecule has 0 bridgehead atoms. The molecule has 0 spiro atoms. The Morgan fingerprint density at radius 3 is 1.31 bits per heavy atom. The molecule has 1 heterocycles. The molecule has 0 aromatic heterocycles. The maximum atomic E-state index is 15.3. The molecule has 0 aliphatic carbocycles. The summed E-state index contributed by atoms with van der Waals surface area (Å²) in [7, 11) is 12.8. The monoisotopic (exact) mass is 1330 g/mol. The summed E-state index contributed by atoms with van der Waals surface area (Å²) in [5.41, 5.74) is 0. The van der Waals surface area contributed by atoms with Crippen LogP contribution < -0.4 is 21.3 Å². The fourth-order valence-corrected chi connectivity index (χ4v) is 11.7. The Kier molecular flexibility index (Phi) is 36.8. The molecule has 1 saturated heterocycles. The number of allylic oxidation sites excluding steroid dienone is 2. The van der Waals surface area contributed by atoms with Crippen LogP contribution >= 0.6 is 0 Å². The van der Waals surface area contributed by atoms with Crippen LogP contribution in [-0.2, 0) is 67.0 Å². The van der Waals surface area contributed by atoms with E-state index in [9.17, 15) is 29.1 Å². The molecule has 0 radical (unpaired) electrons. The summed E-state index contributed by atoms with van der Waals surface area (Å²) in [6.45, 7) is 29.3. The molecule has 26 heteroatoms. The minimum atomic E-state index is -1.67. The van der Waals surface area contributed by atoms with Crippen LogP contribution in [-0.4, -0.2) is 260 Å². The lowest BCUT2D eigenvalue weighted by Crippen LogP contribution is -2.64. The van der Waals surface area contributed by atoms with Crippen LogP contribution in [0.4, 0.5) is 0 Å². The molecule has 1 fully saturated rings. The van der Waals surface area contributed by atoms with Gasteiger partial charge in [0.25, 0.3) is 0 Å². The lowest BCUT2D eigenvalue weighted by molar-refractivity contribution is -0.157. The van der Waals surface area contributed by atoms with Gasteiger partial charge >= 0.3 is 0 Å². The largest absolute Gasteiger partial charge is 0.390 e. The van der Waals surface area contributed by atoms with Gasteiger partial charge in [0, 0.05) is 70.0 Å². The third kappa shape index (κ3) is 24.4. The van der Waals surface area contributed by atoms with Gasteiger partial charge in [0.2, 0.25) is 65.0 Å². The second-order valence-electron chi connectivity index (χ2n) is 28.1. The third-order valence-electron chi connectivity index (χ3n) is 17.7. The van der Waals surface area contributed by atoms with Crippen molar-refractivity contribution in [3.8, 4) is 0 Å². The van der Waals surface area contributed by atoms with Crippen molar-refractivity contribution >= 4 is 65.0 Å². The molecule has 1 rings (SSSR count). The maximum Gasteiger partial charge on any atom is 0.248 e. The summed E-state index contributed by atoms with van der Waals surface area (Å²) in [5, 5.41) is 23.4. The minimum absolute atomic E-state index is 0.00731. The number of likely N-dealkylation sites (N-methyl/N-ethyl adjacent to an activating group) is 7. The average molecular weight is 1330 g/mol. The number of aliphatic hydroxyl groups excluding tert-OH is 1. The van der Waals surface area contributed by atoms with Crippen LogP contribution in [0.2, 0.25) is 0 Å². The van der Waals surface area contributed by atoms with Crippen molar-refractivity contribution in [2.24, 2.45) is 41.4 Å². The summed E-state index contributed by atoms with van der Waals surface area (Å²) in [6.07, 6.45) is 2.29. The summed E-state index contributed by atoms with van der Waals surface area (Å²) in [5.74, 6) is -10.4. The average Bonchev–Trinajstić information content (AvgIpc) is 0.858. The number of carbonyl (C=O) groups is 11. The summed E-state index contributed by atoms with van der Waals surface area (Å²) >= 11 is 0. The maximum absolute atomic E-state index is 15.3. The Hall–Kier alpha value is -6.25. The highest BCUT2D eigenvalue weighted by molar-refractivity contribution is 6.00. The first-order valence-corrected chi connectivity index (χ1v) is 33.6. The molecule has 0 saturated carbocycles. The Labute approximate surface area is 562 Å². The summed E-state index contributed by atoms with van der Waals surface area (Å²) in [6, 6.07) is -14.3. The van der Waals surface area contributed by atoms with Crippen molar-refractivity contribution in [1.29, 1.82) is 0 Å². The normalized spacial score (nSPS) is 26.3. The molecule has 0 aromatic carbocycles. The van der Waals surface area contributed by atoms with E-state index in [1.165, 1.54) is 102 Å². The van der Waals surface area contributed by atoms with Crippen molar-refractivity contribution in [3.63, 3.8) is 0 Å². The molecular formula is C68H123N11O15. The van der Waals surface area contributed by atoms with Gasteiger partial charge in [-0.25, -0.2) is 0 Å². The smallest absolute Gasteiger partial charge is 0.248 e. The van der Waals surface area contributed by atoms with E-state index in [2.05, 4.69) is 21.3 Å². The number of nitrogens with zero attached hydrogens (tertiary/aromatic N) is 7. The van der Waals surface area contributed by atoms with Crippen molar-refractivity contribution in [3.05, 3.63) is 12.2 Å². The molecule has 0 unspecified atom stereocenters. The molecule has 5 N–H and O–H groups in total. The minimum Gasteiger partial charge on any atom is -0.390 e. The van der Waals surface area contributed by atoms with Gasteiger partial charge in [-0.05, 0) is 101 Å². The molecule has 1 aliphatic heterocycles. The van der Waals surface area contributed by atoms with Gasteiger partial charge in [-0.1, -0.05) is 109 Å². The molecule has 26 nitrogen and oxygen atoms in total. The van der Waals surface area contributed by atoms with E-state index >= 15 is 28.8 Å². The van der Waals surface area contributed by atoms with Gasteiger partial charge in [0.15, 0.2) is 6.29 Å². The third-order valence-corrected chi connectivity index (χ3v) is 17.7. The number of amides is 11. The zero-order valence-corrected chi connectivity index (χ0v) is 61.9. The topological polar surface area (TPSA) is 306 Å². The van der Waals surface area contributed by atoms with Gasteiger partial charge in [-0.2, -0.15) is 0 Å². The fraction of sp³-hybridized carbons (Fsp3) is 0.809. The number of ether oxygens (including phenoxy) is 3. The number of rotatable bonds is 22. The predicted molar refractivity (Wildman–Crippen MR) is 361 cm³/mol. The van der Waals surface area contributed by atoms with E-state index in [1.807, 2.05) is 55.4 Å². The van der Waals surface area contributed by atoms with Crippen LogP contribution in [0.5, 0.6) is 0 Å². The van der Waals surface area contributed by atoms with E-state index in [0.717, 1.165) is 9.80 Å². The van der Waals surface area contributed by atoms with Crippen molar-refractivity contribution in [1.82, 2.24) is 55.6 Å². The van der Waals surface area contributed by atoms with E-state index < -0.39 is 168 Å². The lowest BCUT2D eigenvalue weighted by Gasteiger charge is -2.41. The van der Waals surface area contributed by atoms with E-state index in [1.54, 1.807) is 60.6 Å². The first-order valence-electron chi connectivity index (χ1n) is 33.6. The van der Waals surface area contributed by atoms with Gasteiger partial charge < -0.3 is 74.9 Å². The first-order chi connectivity index (χ1) is 43.6. The van der Waals surface area contributed by atoms with Crippen LogP contribution in [0.15, 0.2) is 12.2 Å². The molecule has 540 valence electrons. The van der Waals surface area contributed by atoms with Crippen molar-refractivity contribution in [2.75, 3.05) is 76.8 Å². The van der Waals surface area contributed by atoms with Crippen molar-refractivity contribution < 1.29 is 72.1 Å². The number of hydrogen-bond donors (Lipinski definition) is 5. The number of nitrogens with one attached hydrogen (secondary N) is 4. The number of carbonyl (C=O) groups excluding carboxylic acids is 11. The van der Waals surface area contributed by atoms with Crippen LogP contribution in [0.25, 0.3) is 0 Å². The highest BCUT2D eigenvalue weighted by Crippen LogP contribution is 2.26. The molecular weight excluding hydrogens is 1210 g/mol. The Morgan fingerprint density at radius 2 is 0.862 bits per heavy atom. The Balaban J connectivity index is 4.55.